The first-order valence-electron chi connectivity index (χ1n) is 7.41. The first-order valence-corrected chi connectivity index (χ1v) is 8.20. The van der Waals surface area contributed by atoms with Crippen molar-refractivity contribution in [2.45, 2.75) is 20.0 Å². The van der Waals surface area contributed by atoms with E-state index in [1.807, 2.05) is 23.0 Å². The maximum Gasteiger partial charge on any atom is 0.194 e. The molecular formula is C16H22BrN5. The molecule has 0 spiro atoms. The van der Waals surface area contributed by atoms with Gasteiger partial charge in [-0.3, -0.25) is 9.67 Å². The van der Waals surface area contributed by atoms with Crippen LogP contribution in [0.4, 0.5) is 0 Å². The predicted octanol–water partition coefficient (Wildman–Crippen LogP) is 2.74. The van der Waals surface area contributed by atoms with Crippen molar-refractivity contribution in [3.05, 3.63) is 52.8 Å². The molecule has 0 aliphatic carbocycles. The van der Waals surface area contributed by atoms with E-state index in [-0.39, 0.29) is 0 Å². The molecule has 0 bridgehead atoms. The molecule has 1 N–H and O–H groups in total. The minimum atomic E-state index is 0.699. The summed E-state index contributed by atoms with van der Waals surface area (Å²) < 4.78 is 3.01. The Morgan fingerprint density at radius 1 is 1.36 bits per heavy atom. The van der Waals surface area contributed by atoms with Crippen molar-refractivity contribution in [1.82, 2.24) is 20.0 Å². The fourth-order valence-corrected chi connectivity index (χ4v) is 2.53. The first kappa shape index (κ1) is 16.5. The topological polar surface area (TPSA) is 45.5 Å². The van der Waals surface area contributed by atoms with Gasteiger partial charge in [-0.05, 0) is 24.6 Å². The van der Waals surface area contributed by atoms with Gasteiger partial charge in [-0.1, -0.05) is 34.1 Å². The maximum atomic E-state index is 4.67. The molecule has 1 aromatic carbocycles. The number of aliphatic imine (C=N–C) groups is 1. The second-order valence-electron chi connectivity index (χ2n) is 4.95. The van der Waals surface area contributed by atoms with Gasteiger partial charge in [0.15, 0.2) is 5.96 Å². The number of nitrogens with one attached hydrogen (secondary N) is 1. The van der Waals surface area contributed by atoms with Crippen LogP contribution in [0.3, 0.4) is 0 Å². The molecule has 1 heterocycles. The van der Waals surface area contributed by atoms with Crippen molar-refractivity contribution >= 4 is 21.9 Å². The quantitative estimate of drug-likeness (QED) is 0.633. The van der Waals surface area contributed by atoms with Gasteiger partial charge in [0.1, 0.15) is 0 Å². The zero-order valence-electron chi connectivity index (χ0n) is 13.0. The summed E-state index contributed by atoms with van der Waals surface area (Å²) in [5.41, 5.74) is 1.24. The van der Waals surface area contributed by atoms with Gasteiger partial charge in [-0.2, -0.15) is 5.10 Å². The maximum absolute atomic E-state index is 4.67. The number of rotatable bonds is 6. The molecule has 0 aliphatic heterocycles. The van der Waals surface area contributed by atoms with Gasteiger partial charge in [0.2, 0.25) is 0 Å². The summed E-state index contributed by atoms with van der Waals surface area (Å²) in [5, 5.41) is 7.52. The third-order valence-electron chi connectivity index (χ3n) is 3.21. The highest BCUT2D eigenvalue weighted by Gasteiger charge is 2.08. The van der Waals surface area contributed by atoms with Crippen LogP contribution in [0.1, 0.15) is 12.5 Å². The van der Waals surface area contributed by atoms with Crippen molar-refractivity contribution in [3.8, 4) is 0 Å². The predicted molar refractivity (Wildman–Crippen MR) is 93.8 cm³/mol. The average molecular weight is 364 g/mol. The highest BCUT2D eigenvalue weighted by atomic mass is 79.9. The lowest BCUT2D eigenvalue weighted by molar-refractivity contribution is 0.474. The van der Waals surface area contributed by atoms with Gasteiger partial charge in [0.25, 0.3) is 0 Å². The summed E-state index contributed by atoms with van der Waals surface area (Å²) in [6, 6.07) is 10.2. The number of benzene rings is 1. The lowest BCUT2D eigenvalue weighted by Gasteiger charge is -2.22. The third-order valence-corrected chi connectivity index (χ3v) is 3.99. The molecule has 2 aromatic rings. The Morgan fingerprint density at radius 2 is 2.18 bits per heavy atom. The summed E-state index contributed by atoms with van der Waals surface area (Å²) in [6.45, 7) is 5.21. The van der Waals surface area contributed by atoms with E-state index in [1.165, 1.54) is 5.56 Å². The smallest absolute Gasteiger partial charge is 0.194 e. The van der Waals surface area contributed by atoms with Crippen molar-refractivity contribution in [3.63, 3.8) is 0 Å². The lowest BCUT2D eigenvalue weighted by Crippen LogP contribution is -2.38. The monoisotopic (exact) mass is 363 g/mol. The first-order chi connectivity index (χ1) is 10.7. The fraction of sp³-hybridized carbons (Fsp3) is 0.375. The van der Waals surface area contributed by atoms with Crippen LogP contribution >= 0.6 is 15.9 Å². The van der Waals surface area contributed by atoms with Crippen LogP contribution in [0.5, 0.6) is 0 Å². The second kappa shape index (κ2) is 8.58. The number of hydrogen-bond donors (Lipinski definition) is 1. The van der Waals surface area contributed by atoms with Crippen LogP contribution in [0.15, 0.2) is 52.2 Å². The lowest BCUT2D eigenvalue weighted by atomic mass is 10.2. The Bertz CT molecular complexity index is 594. The Labute approximate surface area is 140 Å². The zero-order chi connectivity index (χ0) is 15.8. The van der Waals surface area contributed by atoms with Crippen LogP contribution in [0.2, 0.25) is 0 Å². The van der Waals surface area contributed by atoms with Crippen molar-refractivity contribution in [2.75, 3.05) is 20.1 Å². The fourth-order valence-electron chi connectivity index (χ4n) is 2.12. The second-order valence-corrected chi connectivity index (χ2v) is 5.81. The normalized spacial score (nSPS) is 11.5. The molecule has 0 amide bonds. The van der Waals surface area contributed by atoms with E-state index in [4.69, 9.17) is 0 Å². The van der Waals surface area contributed by atoms with Crippen LogP contribution in [-0.2, 0) is 13.1 Å². The molecular weight excluding hydrogens is 342 g/mol. The standard InChI is InChI=1S/C16H22BrN5/c1-3-18-16(19-10-12-22-11-6-9-20-22)21(2)13-14-7-4-5-8-15(14)17/h4-9,11H,3,10,12-13H2,1-2H3,(H,18,19). The van der Waals surface area contributed by atoms with Crippen LogP contribution in [0.25, 0.3) is 0 Å². The van der Waals surface area contributed by atoms with E-state index >= 15 is 0 Å². The summed E-state index contributed by atoms with van der Waals surface area (Å²) >= 11 is 3.59. The van der Waals surface area contributed by atoms with Crippen LogP contribution in [-0.4, -0.2) is 40.8 Å². The number of aromatic nitrogens is 2. The molecule has 0 saturated heterocycles. The summed E-state index contributed by atoms with van der Waals surface area (Å²) in [4.78, 5) is 6.80. The van der Waals surface area contributed by atoms with Gasteiger partial charge in [0, 0.05) is 37.0 Å². The highest BCUT2D eigenvalue weighted by Crippen LogP contribution is 2.17. The molecule has 2 rings (SSSR count). The van der Waals surface area contributed by atoms with Crippen LogP contribution in [0, 0.1) is 0 Å². The van der Waals surface area contributed by atoms with E-state index in [0.717, 1.165) is 30.1 Å². The number of halogens is 1. The molecule has 0 saturated carbocycles. The number of guanidine groups is 1. The van der Waals surface area contributed by atoms with E-state index in [1.54, 1.807) is 6.20 Å². The van der Waals surface area contributed by atoms with Gasteiger partial charge in [-0.15, -0.1) is 0 Å². The molecule has 0 aliphatic rings. The highest BCUT2D eigenvalue weighted by molar-refractivity contribution is 9.10. The van der Waals surface area contributed by atoms with E-state index < -0.39 is 0 Å². The minimum Gasteiger partial charge on any atom is -0.357 e. The van der Waals surface area contributed by atoms with E-state index in [9.17, 15) is 0 Å². The Kier molecular flexibility index (Phi) is 6.45. The van der Waals surface area contributed by atoms with E-state index in [2.05, 4.69) is 68.4 Å². The molecule has 0 atom stereocenters. The average Bonchev–Trinajstić information content (AvgIpc) is 3.02. The molecule has 0 radical (unpaired) electrons. The zero-order valence-corrected chi connectivity index (χ0v) is 14.6. The Balaban J connectivity index is 1.98. The summed E-state index contributed by atoms with van der Waals surface area (Å²) in [5.74, 6) is 0.908. The molecule has 0 fully saturated rings. The molecule has 22 heavy (non-hydrogen) atoms. The van der Waals surface area contributed by atoms with E-state index in [0.29, 0.717) is 6.54 Å². The molecule has 5 nitrogen and oxygen atoms in total. The third kappa shape index (κ3) is 4.87. The molecule has 1 aromatic heterocycles. The molecule has 0 unspecified atom stereocenters. The SMILES string of the molecule is CCNC(=NCCn1cccn1)N(C)Cc1ccccc1Br. The minimum absolute atomic E-state index is 0.699. The summed E-state index contributed by atoms with van der Waals surface area (Å²) in [6.07, 6.45) is 3.74. The Morgan fingerprint density at radius 3 is 2.86 bits per heavy atom. The molecule has 118 valence electrons. The van der Waals surface area contributed by atoms with Gasteiger partial charge in [0.05, 0.1) is 13.1 Å². The molecule has 6 heteroatoms. The van der Waals surface area contributed by atoms with Crippen LogP contribution < -0.4 is 5.32 Å². The number of nitrogens with zero attached hydrogens (tertiary/aromatic N) is 4. The van der Waals surface area contributed by atoms with Gasteiger partial charge < -0.3 is 10.2 Å². The van der Waals surface area contributed by atoms with Crippen molar-refractivity contribution in [1.29, 1.82) is 0 Å². The van der Waals surface area contributed by atoms with Gasteiger partial charge >= 0.3 is 0 Å². The van der Waals surface area contributed by atoms with Crippen molar-refractivity contribution < 1.29 is 0 Å². The largest absolute Gasteiger partial charge is 0.357 e. The van der Waals surface area contributed by atoms with Crippen molar-refractivity contribution in [2.24, 2.45) is 4.99 Å². The Hall–Kier alpha value is -1.82. The summed E-state index contributed by atoms with van der Waals surface area (Å²) in [7, 11) is 2.05. The number of hydrogen-bond acceptors (Lipinski definition) is 2. The van der Waals surface area contributed by atoms with Gasteiger partial charge in [-0.25, -0.2) is 0 Å².